The Hall–Kier alpha value is -2.54. The van der Waals surface area contributed by atoms with Gasteiger partial charge in [0, 0.05) is 26.0 Å². The van der Waals surface area contributed by atoms with Gasteiger partial charge in [-0.25, -0.2) is 9.78 Å². The minimum absolute atomic E-state index is 0.182. The van der Waals surface area contributed by atoms with Crippen molar-refractivity contribution in [3.05, 3.63) is 48.0 Å². The number of aliphatic hydroxyl groups excluding tert-OH is 1. The fourth-order valence-electron chi connectivity index (χ4n) is 2.17. The van der Waals surface area contributed by atoms with Gasteiger partial charge in [-0.05, 0) is 24.6 Å². The monoisotopic (exact) mass is 318 g/mol. The van der Waals surface area contributed by atoms with Crippen molar-refractivity contribution < 1.29 is 14.6 Å². The van der Waals surface area contributed by atoms with Crippen LogP contribution in [0.25, 0.3) is 0 Å². The topological polar surface area (TPSA) is 88.4 Å². The number of amides is 2. The molecule has 0 saturated carbocycles. The van der Waals surface area contributed by atoms with Gasteiger partial charge in [0.15, 0.2) is 0 Å². The minimum Gasteiger partial charge on any atom is -0.497 e. The number of aliphatic hydroxyl groups is 1. The van der Waals surface area contributed by atoms with E-state index in [0.717, 1.165) is 11.3 Å². The molecule has 0 bridgehead atoms. The number of carbonyl (C=O) groups is 1. The van der Waals surface area contributed by atoms with Crippen LogP contribution >= 0.6 is 0 Å². The number of hydrogen-bond donors (Lipinski definition) is 3. The molecule has 0 spiro atoms. The summed E-state index contributed by atoms with van der Waals surface area (Å²) < 4.78 is 7.01. The number of aromatic nitrogens is 2. The van der Waals surface area contributed by atoms with Gasteiger partial charge in [-0.2, -0.15) is 0 Å². The maximum absolute atomic E-state index is 12.1. The maximum Gasteiger partial charge on any atom is 0.315 e. The molecule has 7 heteroatoms. The van der Waals surface area contributed by atoms with Gasteiger partial charge in [-0.3, -0.25) is 0 Å². The molecule has 2 atom stereocenters. The SMILES string of the molecule is COc1ccc([C@@H](NC(=O)NC[C@H](C)O)c2nccn2C)cc1. The van der Waals surface area contributed by atoms with E-state index >= 15 is 0 Å². The highest BCUT2D eigenvalue weighted by molar-refractivity contribution is 5.74. The average Bonchev–Trinajstić information content (AvgIpc) is 2.96. The molecule has 124 valence electrons. The summed E-state index contributed by atoms with van der Waals surface area (Å²) in [4.78, 5) is 16.4. The van der Waals surface area contributed by atoms with Gasteiger partial charge in [0.25, 0.3) is 0 Å². The number of urea groups is 1. The second-order valence-corrected chi connectivity index (χ2v) is 5.31. The largest absolute Gasteiger partial charge is 0.497 e. The number of rotatable bonds is 6. The van der Waals surface area contributed by atoms with E-state index in [1.54, 1.807) is 20.2 Å². The first-order valence-corrected chi connectivity index (χ1v) is 7.35. The van der Waals surface area contributed by atoms with Gasteiger partial charge in [0.2, 0.25) is 0 Å². The summed E-state index contributed by atoms with van der Waals surface area (Å²) in [5, 5.41) is 14.8. The molecule has 0 saturated heterocycles. The lowest BCUT2D eigenvalue weighted by Crippen LogP contribution is -2.41. The molecule has 7 nitrogen and oxygen atoms in total. The van der Waals surface area contributed by atoms with Crippen molar-refractivity contribution in [1.82, 2.24) is 20.2 Å². The number of nitrogens with zero attached hydrogens (tertiary/aromatic N) is 2. The summed E-state index contributed by atoms with van der Waals surface area (Å²) >= 11 is 0. The van der Waals surface area contributed by atoms with Gasteiger partial charge in [0.1, 0.15) is 17.6 Å². The van der Waals surface area contributed by atoms with Crippen molar-refractivity contribution >= 4 is 6.03 Å². The molecule has 0 aliphatic rings. The molecule has 3 N–H and O–H groups in total. The number of benzene rings is 1. The molecule has 1 aromatic carbocycles. The molecule has 0 aliphatic carbocycles. The van der Waals surface area contributed by atoms with Crippen LogP contribution in [0.1, 0.15) is 24.4 Å². The van der Waals surface area contributed by atoms with Crippen LogP contribution in [0.2, 0.25) is 0 Å². The van der Waals surface area contributed by atoms with Gasteiger partial charge < -0.3 is 25.0 Å². The number of hydrogen-bond acceptors (Lipinski definition) is 4. The van der Waals surface area contributed by atoms with E-state index in [0.29, 0.717) is 5.82 Å². The summed E-state index contributed by atoms with van der Waals surface area (Å²) in [7, 11) is 3.47. The van der Waals surface area contributed by atoms with Gasteiger partial charge in [-0.15, -0.1) is 0 Å². The number of methoxy groups -OCH3 is 1. The van der Waals surface area contributed by atoms with Crippen LogP contribution < -0.4 is 15.4 Å². The third kappa shape index (κ3) is 4.46. The summed E-state index contributed by atoms with van der Waals surface area (Å²) in [5.74, 6) is 1.45. The Balaban J connectivity index is 2.21. The number of carbonyl (C=O) groups excluding carboxylic acids is 1. The highest BCUT2D eigenvalue weighted by atomic mass is 16.5. The average molecular weight is 318 g/mol. The Labute approximate surface area is 135 Å². The Morgan fingerprint density at radius 3 is 2.61 bits per heavy atom. The smallest absolute Gasteiger partial charge is 0.315 e. The zero-order valence-corrected chi connectivity index (χ0v) is 13.5. The number of nitrogens with one attached hydrogen (secondary N) is 2. The van der Waals surface area contributed by atoms with Gasteiger partial charge in [-0.1, -0.05) is 12.1 Å². The Bertz CT molecular complexity index is 637. The fraction of sp³-hybridized carbons (Fsp3) is 0.375. The van der Waals surface area contributed by atoms with Crippen molar-refractivity contribution in [2.45, 2.75) is 19.1 Å². The van der Waals surface area contributed by atoms with Crippen molar-refractivity contribution in [3.8, 4) is 5.75 Å². The zero-order valence-electron chi connectivity index (χ0n) is 13.5. The predicted molar refractivity (Wildman–Crippen MR) is 86.3 cm³/mol. The lowest BCUT2D eigenvalue weighted by molar-refractivity contribution is 0.187. The summed E-state index contributed by atoms with van der Waals surface area (Å²) in [6.45, 7) is 1.79. The predicted octanol–water partition coefficient (Wildman–Crippen LogP) is 1.20. The first-order chi connectivity index (χ1) is 11.0. The van der Waals surface area contributed by atoms with E-state index < -0.39 is 12.1 Å². The van der Waals surface area contributed by atoms with Crippen LogP contribution in [0.15, 0.2) is 36.7 Å². The highest BCUT2D eigenvalue weighted by Crippen LogP contribution is 2.22. The molecule has 1 heterocycles. The molecule has 2 aromatic rings. The number of imidazole rings is 1. The van der Waals surface area contributed by atoms with E-state index in [9.17, 15) is 9.90 Å². The third-order valence-electron chi connectivity index (χ3n) is 3.40. The van der Waals surface area contributed by atoms with Crippen LogP contribution in [-0.4, -0.2) is 40.4 Å². The Morgan fingerprint density at radius 1 is 1.39 bits per heavy atom. The lowest BCUT2D eigenvalue weighted by atomic mass is 10.1. The van der Waals surface area contributed by atoms with Crippen molar-refractivity contribution in [2.75, 3.05) is 13.7 Å². The van der Waals surface area contributed by atoms with Gasteiger partial charge >= 0.3 is 6.03 Å². The second kappa shape index (κ2) is 7.64. The Kier molecular flexibility index (Phi) is 5.59. The Morgan fingerprint density at radius 2 is 2.09 bits per heavy atom. The minimum atomic E-state index is -0.603. The summed E-state index contributed by atoms with van der Waals surface area (Å²) in [6, 6.07) is 6.66. The van der Waals surface area contributed by atoms with Gasteiger partial charge in [0.05, 0.1) is 13.2 Å². The first-order valence-electron chi connectivity index (χ1n) is 7.35. The van der Waals surface area contributed by atoms with Crippen LogP contribution in [0, 0.1) is 0 Å². The van der Waals surface area contributed by atoms with Crippen molar-refractivity contribution in [3.63, 3.8) is 0 Å². The molecule has 0 fully saturated rings. The molecular weight excluding hydrogens is 296 g/mol. The lowest BCUT2D eigenvalue weighted by Gasteiger charge is -2.20. The molecule has 0 radical (unpaired) electrons. The first kappa shape index (κ1) is 16.8. The van der Waals surface area contributed by atoms with E-state index in [2.05, 4.69) is 15.6 Å². The van der Waals surface area contributed by atoms with E-state index in [1.807, 2.05) is 42.1 Å². The molecular formula is C16H22N4O3. The standard InChI is InChI=1S/C16H22N4O3/c1-11(21)10-18-16(22)19-14(15-17-8-9-20(15)2)12-4-6-13(23-3)7-5-12/h4-9,11,14,21H,10H2,1-3H3,(H2,18,19,22)/t11-,14+/m0/s1. The van der Waals surface area contributed by atoms with Crippen LogP contribution in [0.3, 0.4) is 0 Å². The number of aryl methyl sites for hydroxylation is 1. The molecule has 2 amide bonds. The quantitative estimate of drug-likeness (QED) is 0.747. The third-order valence-corrected chi connectivity index (χ3v) is 3.40. The highest BCUT2D eigenvalue weighted by Gasteiger charge is 2.20. The van der Waals surface area contributed by atoms with E-state index in [4.69, 9.17) is 4.74 Å². The molecule has 0 aliphatic heterocycles. The summed E-state index contributed by atoms with van der Waals surface area (Å²) in [5.41, 5.74) is 0.882. The normalized spacial score (nSPS) is 13.2. The van der Waals surface area contributed by atoms with Crippen LogP contribution in [-0.2, 0) is 7.05 Å². The fourth-order valence-corrected chi connectivity index (χ4v) is 2.17. The maximum atomic E-state index is 12.1. The van der Waals surface area contributed by atoms with Crippen LogP contribution in [0.5, 0.6) is 5.75 Å². The molecule has 2 rings (SSSR count). The van der Waals surface area contributed by atoms with Crippen LogP contribution in [0.4, 0.5) is 4.79 Å². The number of ether oxygens (including phenoxy) is 1. The van der Waals surface area contributed by atoms with Crippen molar-refractivity contribution in [2.24, 2.45) is 7.05 Å². The summed E-state index contributed by atoms with van der Waals surface area (Å²) in [6.07, 6.45) is 2.90. The zero-order chi connectivity index (χ0) is 16.8. The van der Waals surface area contributed by atoms with Crippen molar-refractivity contribution in [1.29, 1.82) is 0 Å². The molecule has 0 unspecified atom stereocenters. The second-order valence-electron chi connectivity index (χ2n) is 5.31. The van der Waals surface area contributed by atoms with E-state index in [1.165, 1.54) is 0 Å². The van der Waals surface area contributed by atoms with E-state index in [-0.39, 0.29) is 12.6 Å². The molecule has 1 aromatic heterocycles. The molecule has 23 heavy (non-hydrogen) atoms.